The number of ether oxygens (including phenoxy) is 4. The number of halogens is 18. The third kappa shape index (κ3) is 7.07. The molecule has 0 aliphatic carbocycles. The summed E-state index contributed by atoms with van der Waals surface area (Å²) in [6.07, 6.45) is -40.5. The minimum absolute atomic E-state index is 0.144. The van der Waals surface area contributed by atoms with E-state index < -0.39 is 71.4 Å². The Labute approximate surface area is 201 Å². The lowest BCUT2D eigenvalue weighted by Crippen LogP contribution is -2.67. The molecule has 216 valence electrons. The molecule has 1 rings (SSSR count). The summed E-state index contributed by atoms with van der Waals surface area (Å²) in [5, 5.41) is 0. The Hall–Kier alpha value is -0.620. The summed E-state index contributed by atoms with van der Waals surface area (Å²) >= 11 is 0.882. The van der Waals surface area contributed by atoms with E-state index in [4.69, 9.17) is 0 Å². The number of alkyl halides is 18. The number of epoxide rings is 1. The van der Waals surface area contributed by atoms with Crippen LogP contribution in [0.15, 0.2) is 0 Å². The fraction of sp³-hybridized carbons (Fsp3) is 1.00. The van der Waals surface area contributed by atoms with E-state index in [1.165, 1.54) is 4.74 Å². The van der Waals surface area contributed by atoms with Gasteiger partial charge in [0.1, 0.15) is 6.10 Å². The van der Waals surface area contributed by atoms with Gasteiger partial charge < -0.3 is 9.47 Å². The second kappa shape index (κ2) is 10.2. The highest BCUT2D eigenvalue weighted by atomic mass is 127. The van der Waals surface area contributed by atoms with Gasteiger partial charge in [0.25, 0.3) is 0 Å². The monoisotopic (exact) mass is 692 g/mol. The SMILES string of the molecule is FC(F)(F)C(F)(CC(I)COCC1CO1)OC(F)(F)C(F)(OC(F)(F)C(F)(F)C(F)(F)F)C(F)(F)F. The minimum atomic E-state index is -7.87. The van der Waals surface area contributed by atoms with Gasteiger partial charge in [0.2, 0.25) is 0 Å². The predicted molar refractivity (Wildman–Crippen MR) is 85.8 cm³/mol. The average molecular weight is 692 g/mol. The van der Waals surface area contributed by atoms with Gasteiger partial charge in [-0.15, -0.1) is 0 Å². The molecule has 4 unspecified atom stereocenters. The molecule has 4 atom stereocenters. The van der Waals surface area contributed by atoms with Crippen molar-refractivity contribution in [3.05, 3.63) is 0 Å². The van der Waals surface area contributed by atoms with E-state index in [0.717, 1.165) is 22.6 Å². The molecule has 0 radical (unpaired) electrons. The summed E-state index contributed by atoms with van der Waals surface area (Å²) in [6, 6.07) is 0. The van der Waals surface area contributed by atoms with E-state index in [-0.39, 0.29) is 13.2 Å². The first-order chi connectivity index (χ1) is 15.6. The molecule has 0 spiro atoms. The van der Waals surface area contributed by atoms with Crippen LogP contribution in [0.25, 0.3) is 0 Å². The number of hydrogen-bond acceptors (Lipinski definition) is 4. The molecule has 1 saturated heterocycles. The molecule has 0 saturated carbocycles. The molecule has 0 aromatic heterocycles. The van der Waals surface area contributed by atoms with Gasteiger partial charge in [-0.3, -0.25) is 9.47 Å². The lowest BCUT2D eigenvalue weighted by Gasteiger charge is -2.40. The van der Waals surface area contributed by atoms with Crippen LogP contribution in [0.4, 0.5) is 74.6 Å². The van der Waals surface area contributed by atoms with Crippen LogP contribution in [0, 0.1) is 0 Å². The summed E-state index contributed by atoms with van der Waals surface area (Å²) in [7, 11) is 0. The maximum Gasteiger partial charge on any atom is 0.462 e. The Morgan fingerprint density at radius 2 is 1.17 bits per heavy atom. The maximum absolute atomic E-state index is 14.4. The fourth-order valence-corrected chi connectivity index (χ4v) is 2.83. The first-order valence-corrected chi connectivity index (χ1v) is 9.83. The van der Waals surface area contributed by atoms with E-state index in [0.29, 0.717) is 0 Å². The van der Waals surface area contributed by atoms with Gasteiger partial charge in [-0.05, 0) is 0 Å². The molecular formula is C14H10F17IO4. The zero-order chi connectivity index (χ0) is 28.8. The largest absolute Gasteiger partial charge is 0.462 e. The van der Waals surface area contributed by atoms with Crippen LogP contribution < -0.4 is 0 Å². The van der Waals surface area contributed by atoms with Crippen molar-refractivity contribution in [2.24, 2.45) is 0 Å². The van der Waals surface area contributed by atoms with Crippen molar-refractivity contribution in [3.8, 4) is 0 Å². The van der Waals surface area contributed by atoms with Gasteiger partial charge in [0.15, 0.2) is 0 Å². The van der Waals surface area contributed by atoms with Crippen molar-refractivity contribution in [1.82, 2.24) is 0 Å². The Bertz CT molecular complexity index is 749. The Balaban J connectivity index is 3.35. The van der Waals surface area contributed by atoms with Crippen LogP contribution in [0.3, 0.4) is 0 Å². The second-order valence-corrected chi connectivity index (χ2v) is 8.68. The third-order valence-corrected chi connectivity index (χ3v) is 4.73. The maximum atomic E-state index is 14.4. The first-order valence-electron chi connectivity index (χ1n) is 8.59. The molecule has 1 heterocycles. The zero-order valence-electron chi connectivity index (χ0n) is 16.4. The molecular weight excluding hydrogens is 682 g/mol. The summed E-state index contributed by atoms with van der Waals surface area (Å²) in [5.74, 6) is -21.7. The molecule has 0 bridgehead atoms. The first kappa shape index (κ1) is 33.4. The van der Waals surface area contributed by atoms with Crippen LogP contribution in [-0.4, -0.2) is 78.2 Å². The van der Waals surface area contributed by atoms with Crippen molar-refractivity contribution in [2.45, 2.75) is 64.8 Å². The molecule has 1 fully saturated rings. The van der Waals surface area contributed by atoms with Crippen molar-refractivity contribution < 1.29 is 93.6 Å². The zero-order valence-corrected chi connectivity index (χ0v) is 18.6. The Morgan fingerprint density at radius 1 is 0.694 bits per heavy atom. The van der Waals surface area contributed by atoms with Gasteiger partial charge in [-0.2, -0.15) is 70.2 Å². The van der Waals surface area contributed by atoms with Crippen LogP contribution >= 0.6 is 22.6 Å². The quantitative estimate of drug-likeness (QED) is 0.102. The summed E-state index contributed by atoms with van der Waals surface area (Å²) in [4.78, 5) is 0. The highest BCUT2D eigenvalue weighted by Gasteiger charge is 2.85. The van der Waals surface area contributed by atoms with Crippen molar-refractivity contribution in [3.63, 3.8) is 0 Å². The van der Waals surface area contributed by atoms with Gasteiger partial charge in [0, 0.05) is 10.3 Å². The van der Waals surface area contributed by atoms with Crippen LogP contribution in [-0.2, 0) is 18.9 Å². The lowest BCUT2D eigenvalue weighted by atomic mass is 10.1. The molecule has 0 aromatic carbocycles. The van der Waals surface area contributed by atoms with Crippen molar-refractivity contribution >= 4 is 22.6 Å². The minimum Gasteiger partial charge on any atom is -0.378 e. The lowest BCUT2D eigenvalue weighted by molar-refractivity contribution is -0.552. The standard InChI is InChI=1S/C14H10F17IO4/c15-7(10(19,20)21,1-5(32)2-33-3-6-4-34-6)35-14(30,31)9(18,12(25,26)27)36-13(28,29)8(16,17)11(22,23)24/h5-6H,1-4H2. The van der Waals surface area contributed by atoms with E-state index in [1.54, 1.807) is 0 Å². The van der Waals surface area contributed by atoms with Gasteiger partial charge in [-0.25, -0.2) is 4.39 Å². The Kier molecular flexibility index (Phi) is 9.44. The van der Waals surface area contributed by atoms with E-state index in [9.17, 15) is 74.6 Å². The van der Waals surface area contributed by atoms with Crippen LogP contribution in [0.1, 0.15) is 6.42 Å². The molecule has 0 amide bonds. The second-order valence-electron chi connectivity index (χ2n) is 6.92. The Morgan fingerprint density at radius 3 is 1.53 bits per heavy atom. The molecule has 4 nitrogen and oxygen atoms in total. The topological polar surface area (TPSA) is 40.2 Å². The van der Waals surface area contributed by atoms with Crippen molar-refractivity contribution in [1.29, 1.82) is 0 Å². The van der Waals surface area contributed by atoms with Crippen molar-refractivity contribution in [2.75, 3.05) is 19.8 Å². The summed E-state index contributed by atoms with van der Waals surface area (Å²) in [6.45, 7) is -1.12. The number of rotatable bonds is 12. The third-order valence-electron chi connectivity index (χ3n) is 3.93. The summed E-state index contributed by atoms with van der Waals surface area (Å²) < 4.78 is 233. The van der Waals surface area contributed by atoms with Gasteiger partial charge in [0.05, 0.1) is 19.8 Å². The smallest absolute Gasteiger partial charge is 0.378 e. The highest BCUT2D eigenvalue weighted by molar-refractivity contribution is 14.1. The molecule has 1 aliphatic heterocycles. The highest BCUT2D eigenvalue weighted by Crippen LogP contribution is 2.57. The summed E-state index contributed by atoms with van der Waals surface area (Å²) in [5.41, 5.74) is 0. The van der Waals surface area contributed by atoms with Gasteiger partial charge in [-0.1, -0.05) is 22.6 Å². The predicted octanol–water partition coefficient (Wildman–Crippen LogP) is 6.47. The fourth-order valence-electron chi connectivity index (χ4n) is 2.01. The van der Waals surface area contributed by atoms with E-state index in [2.05, 4.69) is 14.2 Å². The normalized spacial score (nSPS) is 22.7. The molecule has 22 heteroatoms. The van der Waals surface area contributed by atoms with Crippen LogP contribution in [0.2, 0.25) is 0 Å². The van der Waals surface area contributed by atoms with Gasteiger partial charge >= 0.3 is 48.4 Å². The molecule has 1 aliphatic rings. The van der Waals surface area contributed by atoms with E-state index >= 15 is 0 Å². The molecule has 0 N–H and O–H groups in total. The molecule has 36 heavy (non-hydrogen) atoms. The van der Waals surface area contributed by atoms with Crippen LogP contribution in [0.5, 0.6) is 0 Å². The number of hydrogen-bond donors (Lipinski definition) is 0. The molecule has 0 aromatic rings. The average Bonchev–Trinajstić information content (AvgIpc) is 3.41. The van der Waals surface area contributed by atoms with E-state index in [1.807, 2.05) is 0 Å².